The van der Waals surface area contributed by atoms with Crippen molar-refractivity contribution >= 4 is 17.4 Å². The minimum Gasteiger partial charge on any atom is -0.357 e. The Labute approximate surface area is 181 Å². The van der Waals surface area contributed by atoms with Crippen molar-refractivity contribution in [2.75, 3.05) is 29.4 Å². The molecule has 1 saturated heterocycles. The highest BCUT2D eigenvalue weighted by atomic mass is 16.2. The molecule has 1 aromatic carbocycles. The Kier molecular flexibility index (Phi) is 4.47. The van der Waals surface area contributed by atoms with Crippen LogP contribution in [0.5, 0.6) is 0 Å². The number of pyridine rings is 1. The smallest absolute Gasteiger partial charge is 0.259 e. The van der Waals surface area contributed by atoms with Gasteiger partial charge in [0.15, 0.2) is 0 Å². The summed E-state index contributed by atoms with van der Waals surface area (Å²) in [6.07, 6.45) is 9.15. The Morgan fingerprint density at radius 1 is 0.968 bits per heavy atom. The lowest BCUT2D eigenvalue weighted by Gasteiger charge is -2.32. The molecule has 2 aliphatic heterocycles. The van der Waals surface area contributed by atoms with Gasteiger partial charge in [0, 0.05) is 43.5 Å². The molecule has 0 spiro atoms. The van der Waals surface area contributed by atoms with Gasteiger partial charge in [-0.15, -0.1) is 10.2 Å². The van der Waals surface area contributed by atoms with E-state index in [1.165, 1.54) is 18.4 Å². The molecule has 0 N–H and O–H groups in total. The van der Waals surface area contributed by atoms with Crippen LogP contribution in [-0.4, -0.2) is 45.3 Å². The van der Waals surface area contributed by atoms with Crippen molar-refractivity contribution in [2.45, 2.75) is 44.1 Å². The van der Waals surface area contributed by atoms with Crippen LogP contribution in [0.1, 0.15) is 59.4 Å². The van der Waals surface area contributed by atoms with Crippen LogP contribution in [0.3, 0.4) is 0 Å². The zero-order chi connectivity index (χ0) is 20.8. The van der Waals surface area contributed by atoms with E-state index in [-0.39, 0.29) is 5.91 Å². The number of hydrogen-bond donors (Lipinski definition) is 0. The molecule has 3 aromatic rings. The second-order valence-corrected chi connectivity index (χ2v) is 8.83. The summed E-state index contributed by atoms with van der Waals surface area (Å²) in [5.41, 5.74) is 2.91. The van der Waals surface area contributed by atoms with Gasteiger partial charge in [-0.25, -0.2) is 4.98 Å². The van der Waals surface area contributed by atoms with Crippen LogP contribution >= 0.6 is 0 Å². The highest BCUT2D eigenvalue weighted by Crippen LogP contribution is 2.38. The number of hydrogen-bond acceptors (Lipinski definition) is 5. The van der Waals surface area contributed by atoms with Gasteiger partial charge in [0.05, 0.1) is 5.56 Å². The highest BCUT2D eigenvalue weighted by molar-refractivity contribution is 6.07. The lowest BCUT2D eigenvalue weighted by Crippen LogP contribution is -2.34. The fraction of sp³-hybridized carbons (Fsp3) is 0.417. The van der Waals surface area contributed by atoms with E-state index in [0.29, 0.717) is 17.5 Å². The number of para-hydroxylation sites is 1. The fourth-order valence-corrected chi connectivity index (χ4v) is 4.95. The molecule has 1 amide bonds. The van der Waals surface area contributed by atoms with Crippen molar-refractivity contribution in [1.82, 2.24) is 19.7 Å². The second-order valence-electron chi connectivity index (χ2n) is 8.83. The summed E-state index contributed by atoms with van der Waals surface area (Å²) in [5.74, 6) is 2.60. The summed E-state index contributed by atoms with van der Waals surface area (Å²) in [4.78, 5) is 21.8. The van der Waals surface area contributed by atoms with E-state index in [1.807, 2.05) is 41.6 Å². The summed E-state index contributed by atoms with van der Waals surface area (Å²) >= 11 is 0. The van der Waals surface area contributed by atoms with Gasteiger partial charge in [0.25, 0.3) is 5.91 Å². The van der Waals surface area contributed by atoms with Crippen LogP contribution in [0.2, 0.25) is 0 Å². The lowest BCUT2D eigenvalue weighted by molar-refractivity contribution is 0.0989. The predicted octanol–water partition coefficient (Wildman–Crippen LogP) is 3.59. The topological polar surface area (TPSA) is 67.2 Å². The zero-order valence-electron chi connectivity index (χ0n) is 17.5. The van der Waals surface area contributed by atoms with Crippen molar-refractivity contribution in [2.24, 2.45) is 0 Å². The largest absolute Gasteiger partial charge is 0.357 e. The van der Waals surface area contributed by atoms with Gasteiger partial charge in [0.2, 0.25) is 0 Å². The number of carbonyl (C=O) groups is 1. The Balaban J connectivity index is 1.12. The molecule has 4 heterocycles. The van der Waals surface area contributed by atoms with Crippen LogP contribution < -0.4 is 9.80 Å². The molecule has 0 unspecified atom stereocenters. The zero-order valence-corrected chi connectivity index (χ0v) is 17.5. The number of fused-ring (bicyclic) bond motifs is 1. The number of aromatic nitrogens is 4. The van der Waals surface area contributed by atoms with Crippen LogP contribution in [0.4, 0.5) is 11.5 Å². The van der Waals surface area contributed by atoms with Crippen LogP contribution in [0, 0.1) is 0 Å². The molecule has 0 radical (unpaired) electrons. The maximum Gasteiger partial charge on any atom is 0.259 e. The molecule has 7 heteroatoms. The summed E-state index contributed by atoms with van der Waals surface area (Å²) in [6.45, 7) is 2.63. The average Bonchev–Trinajstić information content (AvgIpc) is 3.39. The third kappa shape index (κ3) is 3.38. The number of benzene rings is 1. The quantitative estimate of drug-likeness (QED) is 0.653. The minimum absolute atomic E-state index is 0.0297. The molecule has 2 aromatic heterocycles. The number of nitrogens with zero attached hydrogens (tertiary/aromatic N) is 6. The van der Waals surface area contributed by atoms with Gasteiger partial charge in [0.1, 0.15) is 18.0 Å². The van der Waals surface area contributed by atoms with E-state index < -0.39 is 0 Å². The van der Waals surface area contributed by atoms with Crippen molar-refractivity contribution in [3.63, 3.8) is 0 Å². The lowest BCUT2D eigenvalue weighted by atomic mass is 9.96. The van der Waals surface area contributed by atoms with Gasteiger partial charge in [-0.2, -0.15) is 0 Å². The number of amides is 1. The molecule has 6 rings (SSSR count). The SMILES string of the molecule is O=C(c1ccc(N2CCC(c3nncn3C3CC3)CC2)nc1)N1CCc2ccccc21. The molecule has 158 valence electrons. The Bertz CT molecular complexity index is 1100. The number of rotatable bonds is 4. The minimum atomic E-state index is 0.0297. The third-order valence-corrected chi connectivity index (χ3v) is 6.85. The van der Waals surface area contributed by atoms with E-state index in [1.54, 1.807) is 6.20 Å². The highest BCUT2D eigenvalue weighted by Gasteiger charge is 2.31. The maximum absolute atomic E-state index is 13.0. The third-order valence-electron chi connectivity index (χ3n) is 6.85. The van der Waals surface area contributed by atoms with E-state index in [2.05, 4.69) is 30.7 Å². The Morgan fingerprint density at radius 3 is 2.58 bits per heavy atom. The van der Waals surface area contributed by atoms with Gasteiger partial charge in [-0.05, 0) is 55.9 Å². The molecule has 3 aliphatic rings. The molecule has 0 bridgehead atoms. The van der Waals surface area contributed by atoms with E-state index >= 15 is 0 Å². The van der Waals surface area contributed by atoms with Crippen LogP contribution in [0.15, 0.2) is 48.9 Å². The maximum atomic E-state index is 13.0. The van der Waals surface area contributed by atoms with E-state index in [0.717, 1.165) is 56.2 Å². The Hall–Kier alpha value is -3.22. The first kappa shape index (κ1) is 18.5. The van der Waals surface area contributed by atoms with Crippen molar-refractivity contribution in [3.8, 4) is 0 Å². The summed E-state index contributed by atoms with van der Waals surface area (Å²) in [5, 5.41) is 8.58. The standard InChI is InChI=1S/C24H26N6O/c31-24(29-14-11-17-3-1-2-4-21(17)29)19-5-8-22(25-15-19)28-12-9-18(10-13-28)23-27-26-16-30(23)20-6-7-20/h1-5,8,15-16,18,20H,6-7,9-14H2. The van der Waals surface area contributed by atoms with Crippen LogP contribution in [0.25, 0.3) is 0 Å². The first-order chi connectivity index (χ1) is 15.3. The van der Waals surface area contributed by atoms with Crippen molar-refractivity contribution < 1.29 is 4.79 Å². The van der Waals surface area contributed by atoms with Gasteiger partial charge < -0.3 is 14.4 Å². The summed E-state index contributed by atoms with van der Waals surface area (Å²) in [6, 6.07) is 12.7. The molecular weight excluding hydrogens is 388 g/mol. The molecule has 7 nitrogen and oxygen atoms in total. The average molecular weight is 415 g/mol. The second kappa shape index (κ2) is 7.48. The van der Waals surface area contributed by atoms with Crippen molar-refractivity contribution in [3.05, 3.63) is 65.9 Å². The molecule has 1 aliphatic carbocycles. The van der Waals surface area contributed by atoms with E-state index in [4.69, 9.17) is 0 Å². The van der Waals surface area contributed by atoms with E-state index in [9.17, 15) is 4.79 Å². The number of piperidine rings is 1. The first-order valence-corrected chi connectivity index (χ1v) is 11.3. The summed E-state index contributed by atoms with van der Waals surface area (Å²) < 4.78 is 2.29. The van der Waals surface area contributed by atoms with Crippen molar-refractivity contribution in [1.29, 1.82) is 0 Å². The molecule has 31 heavy (non-hydrogen) atoms. The first-order valence-electron chi connectivity index (χ1n) is 11.3. The summed E-state index contributed by atoms with van der Waals surface area (Å²) in [7, 11) is 0. The fourth-order valence-electron chi connectivity index (χ4n) is 4.95. The predicted molar refractivity (Wildman–Crippen MR) is 119 cm³/mol. The van der Waals surface area contributed by atoms with Gasteiger partial charge in [-0.3, -0.25) is 4.79 Å². The molecular formula is C24H26N6O. The molecule has 0 atom stereocenters. The van der Waals surface area contributed by atoms with Crippen LogP contribution in [-0.2, 0) is 6.42 Å². The number of anilines is 2. The monoisotopic (exact) mass is 414 g/mol. The Morgan fingerprint density at radius 2 is 1.81 bits per heavy atom. The number of carbonyl (C=O) groups excluding carboxylic acids is 1. The van der Waals surface area contributed by atoms with Gasteiger partial charge >= 0.3 is 0 Å². The normalized spacial score (nSPS) is 19.0. The molecule has 1 saturated carbocycles. The molecule has 2 fully saturated rings. The van der Waals surface area contributed by atoms with Gasteiger partial charge in [-0.1, -0.05) is 18.2 Å².